The Morgan fingerprint density at radius 3 is 2.56 bits per heavy atom. The predicted molar refractivity (Wildman–Crippen MR) is 100 cm³/mol. The van der Waals surface area contributed by atoms with Crippen LogP contribution in [-0.2, 0) is 22.7 Å². The molecule has 0 atom stereocenters. The van der Waals surface area contributed by atoms with E-state index in [1.54, 1.807) is 37.4 Å². The molecule has 3 rings (SSSR count). The summed E-state index contributed by atoms with van der Waals surface area (Å²) in [6.45, 7) is 0.253. The number of rotatable bonds is 6. The number of imide groups is 1. The minimum absolute atomic E-state index is 0.0162. The van der Waals surface area contributed by atoms with Gasteiger partial charge in [0.25, 0.3) is 0 Å². The molecule has 1 saturated heterocycles. The molecule has 1 aliphatic rings. The summed E-state index contributed by atoms with van der Waals surface area (Å²) in [7, 11) is 1.55. The fourth-order valence-electron chi connectivity index (χ4n) is 2.63. The second kappa shape index (κ2) is 8.22. The van der Waals surface area contributed by atoms with Gasteiger partial charge in [0.1, 0.15) is 12.4 Å². The van der Waals surface area contributed by atoms with Gasteiger partial charge in [-0.3, -0.25) is 9.69 Å². The number of ether oxygens (including phenoxy) is 2. The van der Waals surface area contributed by atoms with Crippen molar-refractivity contribution in [3.05, 3.63) is 63.6 Å². The fourth-order valence-corrected chi connectivity index (χ4v) is 3.04. The molecule has 2 aromatic carbocycles. The highest BCUT2D eigenvalue weighted by atomic mass is 79.9. The van der Waals surface area contributed by atoms with E-state index in [9.17, 15) is 14.4 Å². The number of urea groups is 1. The smallest absolute Gasteiger partial charge is 0.338 e. The maximum Gasteiger partial charge on any atom is 0.338 e. The number of amides is 3. The van der Waals surface area contributed by atoms with Crippen LogP contribution in [0.4, 0.5) is 4.79 Å². The van der Waals surface area contributed by atoms with Crippen LogP contribution >= 0.6 is 15.9 Å². The average Bonchev–Trinajstić information content (AvgIpc) is 2.99. The van der Waals surface area contributed by atoms with Crippen LogP contribution in [0.5, 0.6) is 5.75 Å². The molecule has 0 spiro atoms. The van der Waals surface area contributed by atoms with Crippen molar-refractivity contribution in [2.75, 3.05) is 13.7 Å². The molecule has 2 aromatic rings. The fraction of sp³-hybridized carbons (Fsp3) is 0.211. The van der Waals surface area contributed by atoms with Crippen LogP contribution in [0, 0.1) is 0 Å². The minimum atomic E-state index is -0.474. The van der Waals surface area contributed by atoms with E-state index < -0.39 is 12.0 Å². The lowest BCUT2D eigenvalue weighted by Gasteiger charge is -2.13. The Kier molecular flexibility index (Phi) is 5.75. The summed E-state index contributed by atoms with van der Waals surface area (Å²) in [5.74, 6) is -0.111. The van der Waals surface area contributed by atoms with Gasteiger partial charge in [0.2, 0.25) is 5.91 Å². The quantitative estimate of drug-likeness (QED) is 0.560. The number of methoxy groups -OCH3 is 1. The van der Waals surface area contributed by atoms with Crippen molar-refractivity contribution >= 4 is 33.8 Å². The number of nitrogens with one attached hydrogen (secondary N) is 1. The molecule has 140 valence electrons. The first-order chi connectivity index (χ1) is 13.0. The lowest BCUT2D eigenvalue weighted by Crippen LogP contribution is -2.30. The second-order valence-electron chi connectivity index (χ2n) is 5.87. The van der Waals surface area contributed by atoms with E-state index in [0.717, 1.165) is 20.5 Å². The van der Waals surface area contributed by atoms with Crippen LogP contribution < -0.4 is 10.1 Å². The molecule has 0 saturated carbocycles. The molecule has 3 amide bonds. The summed E-state index contributed by atoms with van der Waals surface area (Å²) in [5, 5.41) is 2.46. The van der Waals surface area contributed by atoms with Crippen LogP contribution in [0.25, 0.3) is 0 Å². The minimum Gasteiger partial charge on any atom is -0.496 e. The highest BCUT2D eigenvalue weighted by molar-refractivity contribution is 9.10. The highest BCUT2D eigenvalue weighted by Crippen LogP contribution is 2.24. The van der Waals surface area contributed by atoms with Crippen molar-refractivity contribution in [1.82, 2.24) is 10.2 Å². The maximum atomic E-state index is 12.3. The third-order valence-corrected chi connectivity index (χ3v) is 4.56. The molecule has 0 radical (unpaired) electrons. The topological polar surface area (TPSA) is 84.9 Å². The molecule has 1 N–H and O–H groups in total. The summed E-state index contributed by atoms with van der Waals surface area (Å²) in [6, 6.07) is 11.6. The largest absolute Gasteiger partial charge is 0.496 e. The molecule has 27 heavy (non-hydrogen) atoms. The SMILES string of the molecule is COc1ccc(Br)cc1COC(=O)c1ccc(CN2C(=O)CNC2=O)cc1. The Bertz CT molecular complexity index is 866. The van der Waals surface area contributed by atoms with Crippen molar-refractivity contribution in [2.45, 2.75) is 13.2 Å². The number of benzene rings is 2. The van der Waals surface area contributed by atoms with Gasteiger partial charge in [-0.25, -0.2) is 9.59 Å². The Hall–Kier alpha value is -2.87. The Morgan fingerprint density at radius 1 is 1.19 bits per heavy atom. The van der Waals surface area contributed by atoms with E-state index in [-0.39, 0.29) is 25.6 Å². The van der Waals surface area contributed by atoms with Crippen LogP contribution in [0.15, 0.2) is 46.9 Å². The van der Waals surface area contributed by atoms with E-state index in [2.05, 4.69) is 21.2 Å². The molecule has 0 aromatic heterocycles. The van der Waals surface area contributed by atoms with Gasteiger partial charge in [0, 0.05) is 10.0 Å². The Labute approximate surface area is 164 Å². The van der Waals surface area contributed by atoms with Crippen molar-refractivity contribution in [3.8, 4) is 5.75 Å². The number of nitrogens with zero attached hydrogens (tertiary/aromatic N) is 1. The molecular weight excluding hydrogens is 416 g/mol. The number of hydrogen-bond donors (Lipinski definition) is 1. The van der Waals surface area contributed by atoms with Gasteiger partial charge in [-0.15, -0.1) is 0 Å². The first-order valence-electron chi connectivity index (χ1n) is 8.14. The summed E-state index contributed by atoms with van der Waals surface area (Å²) in [6.07, 6.45) is 0. The van der Waals surface area contributed by atoms with Crippen LogP contribution in [0.2, 0.25) is 0 Å². The van der Waals surface area contributed by atoms with Crippen molar-refractivity contribution in [1.29, 1.82) is 0 Å². The highest BCUT2D eigenvalue weighted by Gasteiger charge is 2.28. The molecule has 1 fully saturated rings. The van der Waals surface area contributed by atoms with Crippen molar-refractivity contribution in [3.63, 3.8) is 0 Å². The van der Waals surface area contributed by atoms with Crippen molar-refractivity contribution < 1.29 is 23.9 Å². The van der Waals surface area contributed by atoms with E-state index in [4.69, 9.17) is 9.47 Å². The molecular formula is C19H17BrN2O5. The third-order valence-electron chi connectivity index (χ3n) is 4.07. The summed E-state index contributed by atoms with van der Waals surface area (Å²) in [5.41, 5.74) is 1.87. The van der Waals surface area contributed by atoms with Gasteiger partial charge in [-0.1, -0.05) is 28.1 Å². The lowest BCUT2D eigenvalue weighted by atomic mass is 10.1. The first kappa shape index (κ1) is 18.9. The third kappa shape index (κ3) is 4.46. The van der Waals surface area contributed by atoms with Crippen LogP contribution in [-0.4, -0.2) is 36.5 Å². The molecule has 0 aliphatic carbocycles. The lowest BCUT2D eigenvalue weighted by molar-refractivity contribution is -0.125. The average molecular weight is 433 g/mol. The molecule has 0 bridgehead atoms. The number of hydrogen-bond acceptors (Lipinski definition) is 5. The molecule has 0 unspecified atom stereocenters. The number of carbonyl (C=O) groups is 3. The van der Waals surface area contributed by atoms with Crippen LogP contribution in [0.3, 0.4) is 0 Å². The van der Waals surface area contributed by atoms with E-state index >= 15 is 0 Å². The number of carbonyl (C=O) groups excluding carboxylic acids is 3. The number of esters is 1. The van der Waals surface area contributed by atoms with Crippen LogP contribution in [0.1, 0.15) is 21.5 Å². The van der Waals surface area contributed by atoms with E-state index in [0.29, 0.717) is 11.3 Å². The van der Waals surface area contributed by atoms with Gasteiger partial charge < -0.3 is 14.8 Å². The first-order valence-corrected chi connectivity index (χ1v) is 8.94. The molecule has 1 aliphatic heterocycles. The maximum absolute atomic E-state index is 12.3. The predicted octanol–water partition coefficient (Wildman–Crippen LogP) is 2.87. The molecule has 7 nitrogen and oxygen atoms in total. The van der Waals surface area contributed by atoms with Gasteiger partial charge in [-0.2, -0.15) is 0 Å². The zero-order valence-corrected chi connectivity index (χ0v) is 16.1. The monoisotopic (exact) mass is 432 g/mol. The van der Waals surface area contributed by atoms with Gasteiger partial charge in [0.15, 0.2) is 0 Å². The Morgan fingerprint density at radius 2 is 1.93 bits per heavy atom. The second-order valence-corrected chi connectivity index (χ2v) is 6.78. The molecule has 1 heterocycles. The zero-order chi connectivity index (χ0) is 19.4. The van der Waals surface area contributed by atoms with Gasteiger partial charge in [0.05, 0.1) is 25.8 Å². The zero-order valence-electron chi connectivity index (χ0n) is 14.5. The standard InChI is InChI=1S/C19H17BrN2O5/c1-26-16-7-6-15(20)8-14(16)11-27-18(24)13-4-2-12(3-5-13)10-22-17(23)9-21-19(22)25/h2-8H,9-11H2,1H3,(H,21,25). The van der Waals surface area contributed by atoms with Crippen molar-refractivity contribution in [2.24, 2.45) is 0 Å². The van der Waals surface area contributed by atoms with Gasteiger partial charge in [-0.05, 0) is 35.9 Å². The number of halogens is 1. The Balaban J connectivity index is 1.62. The summed E-state index contributed by atoms with van der Waals surface area (Å²) >= 11 is 3.38. The molecule has 8 heteroatoms. The van der Waals surface area contributed by atoms with E-state index in [1.165, 1.54) is 0 Å². The van der Waals surface area contributed by atoms with E-state index in [1.807, 2.05) is 12.1 Å². The van der Waals surface area contributed by atoms with Gasteiger partial charge >= 0.3 is 12.0 Å². The normalized spacial score (nSPS) is 13.5. The summed E-state index contributed by atoms with van der Waals surface area (Å²) < 4.78 is 11.5. The summed E-state index contributed by atoms with van der Waals surface area (Å²) in [4.78, 5) is 36.6.